The van der Waals surface area contributed by atoms with Gasteiger partial charge in [-0.25, -0.2) is 4.79 Å². The first-order chi connectivity index (χ1) is 13.0. The van der Waals surface area contributed by atoms with Gasteiger partial charge in [0.25, 0.3) is 0 Å². The second-order valence-electron chi connectivity index (χ2n) is 9.09. The molecule has 1 fully saturated rings. The van der Waals surface area contributed by atoms with Gasteiger partial charge in [-0.1, -0.05) is 44.5 Å². The maximum absolute atomic E-state index is 11.4. The van der Waals surface area contributed by atoms with E-state index in [0.29, 0.717) is 31.3 Å². The number of piperidine rings is 1. The fourth-order valence-corrected chi connectivity index (χ4v) is 4.53. The maximum atomic E-state index is 11.4. The fourth-order valence-electron chi connectivity index (χ4n) is 3.31. The Morgan fingerprint density at radius 3 is 2.68 bits per heavy atom. The third-order valence-electron chi connectivity index (χ3n) is 5.98. The van der Waals surface area contributed by atoms with Crippen molar-refractivity contribution in [2.75, 3.05) is 26.3 Å². The summed E-state index contributed by atoms with van der Waals surface area (Å²) in [4.78, 5) is 12.9. The number of ether oxygens (including phenoxy) is 1. The molecule has 1 amide bonds. The summed E-state index contributed by atoms with van der Waals surface area (Å²) in [7, 11) is -1.82. The van der Waals surface area contributed by atoms with Gasteiger partial charge in [0.05, 0.1) is 19.3 Å². The molecule has 1 unspecified atom stereocenters. The minimum Gasteiger partial charge on any atom is -0.465 e. The average Bonchev–Trinajstić information content (AvgIpc) is 2.60. The molecular formula is C21H34ClNO4Si. The monoisotopic (exact) mass is 427 g/mol. The molecule has 1 aromatic rings. The van der Waals surface area contributed by atoms with Gasteiger partial charge in [-0.2, -0.15) is 0 Å². The Hall–Kier alpha value is -1.08. The minimum absolute atomic E-state index is 0.108. The third kappa shape index (κ3) is 6.21. The molecule has 7 heteroatoms. The van der Waals surface area contributed by atoms with E-state index in [-0.39, 0.29) is 17.1 Å². The Morgan fingerprint density at radius 1 is 1.36 bits per heavy atom. The van der Waals surface area contributed by atoms with Crippen LogP contribution in [0.15, 0.2) is 24.3 Å². The number of benzene rings is 1. The van der Waals surface area contributed by atoms with Crippen LogP contribution in [-0.2, 0) is 9.16 Å². The van der Waals surface area contributed by atoms with Crippen LogP contribution in [0.1, 0.15) is 45.3 Å². The highest BCUT2D eigenvalue weighted by molar-refractivity contribution is 6.74. The zero-order chi connectivity index (χ0) is 20.9. The van der Waals surface area contributed by atoms with Crippen molar-refractivity contribution in [2.45, 2.75) is 57.8 Å². The Morgan fingerprint density at radius 2 is 2.07 bits per heavy atom. The predicted molar refractivity (Wildman–Crippen MR) is 116 cm³/mol. The van der Waals surface area contributed by atoms with Crippen molar-refractivity contribution in [3.63, 3.8) is 0 Å². The zero-order valence-corrected chi connectivity index (χ0v) is 19.5. The van der Waals surface area contributed by atoms with Crippen LogP contribution in [0.25, 0.3) is 0 Å². The molecule has 1 heterocycles. The Bertz CT molecular complexity index is 662. The first-order valence-electron chi connectivity index (χ1n) is 10.00. The number of amides is 1. The lowest BCUT2D eigenvalue weighted by Crippen LogP contribution is -2.42. The molecule has 2 atom stereocenters. The molecule has 0 radical (unpaired) electrons. The first-order valence-corrected chi connectivity index (χ1v) is 13.3. The van der Waals surface area contributed by atoms with Crippen molar-refractivity contribution < 1.29 is 19.1 Å². The summed E-state index contributed by atoms with van der Waals surface area (Å²) in [5, 5.41) is 10.2. The minimum atomic E-state index is -1.82. The topological polar surface area (TPSA) is 59.0 Å². The van der Waals surface area contributed by atoms with Crippen molar-refractivity contribution in [3.05, 3.63) is 34.9 Å². The molecule has 1 saturated heterocycles. The number of likely N-dealkylation sites (tertiary alicyclic amines) is 1. The highest BCUT2D eigenvalue weighted by Gasteiger charge is 2.37. The van der Waals surface area contributed by atoms with Gasteiger partial charge < -0.3 is 19.2 Å². The molecule has 1 aromatic carbocycles. The summed E-state index contributed by atoms with van der Waals surface area (Å²) in [6, 6.07) is 7.68. The molecule has 2 rings (SSSR count). The van der Waals surface area contributed by atoms with E-state index in [4.69, 9.17) is 20.8 Å². The molecule has 0 aromatic heterocycles. The number of hydrogen-bond acceptors (Lipinski definition) is 3. The molecule has 0 aliphatic carbocycles. The molecule has 1 N–H and O–H groups in total. The van der Waals surface area contributed by atoms with Crippen molar-refractivity contribution in [1.29, 1.82) is 0 Å². The number of hydrogen-bond donors (Lipinski definition) is 1. The Kier molecular flexibility index (Phi) is 7.96. The van der Waals surface area contributed by atoms with Crippen LogP contribution in [0, 0.1) is 5.92 Å². The summed E-state index contributed by atoms with van der Waals surface area (Å²) in [6.07, 6.45) is 0.724. The summed E-state index contributed by atoms with van der Waals surface area (Å²) in [5.74, 6) is 0.108. The Balaban J connectivity index is 2.06. The Labute approximate surface area is 175 Å². The predicted octanol–water partition coefficient (Wildman–Crippen LogP) is 5.81. The van der Waals surface area contributed by atoms with E-state index in [1.54, 1.807) is 0 Å². The van der Waals surface area contributed by atoms with Crippen LogP contribution in [0.5, 0.6) is 0 Å². The van der Waals surface area contributed by atoms with Gasteiger partial charge in [-0.05, 0) is 48.7 Å². The van der Waals surface area contributed by atoms with Gasteiger partial charge in [0, 0.05) is 24.0 Å². The molecule has 0 saturated carbocycles. The van der Waals surface area contributed by atoms with Gasteiger partial charge >= 0.3 is 6.09 Å². The second-order valence-corrected chi connectivity index (χ2v) is 14.3. The molecule has 28 heavy (non-hydrogen) atoms. The van der Waals surface area contributed by atoms with E-state index in [1.807, 2.05) is 24.3 Å². The normalized spacial score (nSPS) is 19.5. The molecule has 0 bridgehead atoms. The third-order valence-corrected chi connectivity index (χ3v) is 10.8. The number of rotatable bonds is 7. The highest BCUT2D eigenvalue weighted by Crippen LogP contribution is 2.37. The smallest absolute Gasteiger partial charge is 0.407 e. The number of carboxylic acid groups (broad SMARTS) is 1. The van der Waals surface area contributed by atoms with Crippen LogP contribution in [-0.4, -0.2) is 50.7 Å². The molecular weight excluding hydrogens is 394 g/mol. The van der Waals surface area contributed by atoms with Crippen molar-refractivity contribution in [2.24, 2.45) is 5.92 Å². The summed E-state index contributed by atoms with van der Waals surface area (Å²) < 4.78 is 12.5. The van der Waals surface area contributed by atoms with Gasteiger partial charge in [0.1, 0.15) is 0 Å². The van der Waals surface area contributed by atoms with Crippen LogP contribution >= 0.6 is 11.6 Å². The van der Waals surface area contributed by atoms with Crippen LogP contribution in [0.3, 0.4) is 0 Å². The van der Waals surface area contributed by atoms with Gasteiger partial charge in [-0.15, -0.1) is 0 Å². The van der Waals surface area contributed by atoms with E-state index in [0.717, 1.165) is 18.4 Å². The van der Waals surface area contributed by atoms with Crippen LogP contribution in [0.2, 0.25) is 23.2 Å². The lowest BCUT2D eigenvalue weighted by molar-refractivity contribution is -0.0247. The summed E-state index contributed by atoms with van der Waals surface area (Å²) in [6.45, 7) is 13.2. The van der Waals surface area contributed by atoms with E-state index < -0.39 is 14.4 Å². The number of carbonyl (C=O) groups is 1. The van der Waals surface area contributed by atoms with E-state index in [2.05, 4.69) is 33.9 Å². The molecule has 1 aliphatic rings. The van der Waals surface area contributed by atoms with E-state index >= 15 is 0 Å². The largest absolute Gasteiger partial charge is 0.465 e. The van der Waals surface area contributed by atoms with Crippen LogP contribution in [0.4, 0.5) is 4.79 Å². The number of nitrogens with zero attached hydrogens (tertiary/aromatic N) is 1. The van der Waals surface area contributed by atoms with Crippen LogP contribution < -0.4 is 0 Å². The van der Waals surface area contributed by atoms with E-state index in [1.165, 1.54) is 4.90 Å². The molecule has 5 nitrogen and oxygen atoms in total. The molecule has 1 aliphatic heterocycles. The quantitative estimate of drug-likeness (QED) is 0.440. The number of halogens is 1. The van der Waals surface area contributed by atoms with Gasteiger partial charge in [-0.3, -0.25) is 0 Å². The summed E-state index contributed by atoms with van der Waals surface area (Å²) >= 11 is 6.20. The lowest BCUT2D eigenvalue weighted by Gasteiger charge is -2.37. The van der Waals surface area contributed by atoms with Crippen molar-refractivity contribution in [3.8, 4) is 0 Å². The molecule has 0 spiro atoms. The standard InChI is InChI=1S/C21H34ClNO4Si/c1-21(2,3)28(4,5)27-13-12-26-19(16-8-6-10-18(22)14-16)17-9-7-11-23(15-17)20(24)25/h6,8,10,14,17,19H,7,9,11-13,15H2,1-5H3,(H,24,25)/t17?,19-/m0/s1. The van der Waals surface area contributed by atoms with E-state index in [9.17, 15) is 9.90 Å². The SMILES string of the molecule is CC(C)(C)[Si](C)(C)OCCO[C@@H](c1cccc(Cl)c1)C1CCCN(C(=O)O)C1. The van der Waals surface area contributed by atoms with Crippen molar-refractivity contribution >= 4 is 26.0 Å². The highest BCUT2D eigenvalue weighted by atomic mass is 35.5. The van der Waals surface area contributed by atoms with Crippen molar-refractivity contribution in [1.82, 2.24) is 4.90 Å². The lowest BCUT2D eigenvalue weighted by atomic mass is 9.88. The van der Waals surface area contributed by atoms with Gasteiger partial charge in [0.2, 0.25) is 0 Å². The zero-order valence-electron chi connectivity index (χ0n) is 17.7. The first kappa shape index (κ1) is 23.2. The average molecular weight is 428 g/mol. The second kappa shape index (κ2) is 9.61. The van der Waals surface area contributed by atoms with Gasteiger partial charge in [0.15, 0.2) is 8.32 Å². The summed E-state index contributed by atoms with van der Waals surface area (Å²) in [5.41, 5.74) is 0.997. The fraction of sp³-hybridized carbons (Fsp3) is 0.667. The molecule has 158 valence electrons. The maximum Gasteiger partial charge on any atom is 0.407 e.